The molecule has 0 fully saturated rings. The fourth-order valence-electron chi connectivity index (χ4n) is 2.76. The SMILES string of the molecule is COC(=O)[C@H]1[C@H](c2ccccc2)Nc2ncnn2[C@@]1(C)O. The van der Waals surface area contributed by atoms with Crippen LogP contribution < -0.4 is 5.32 Å². The third-order valence-electron chi connectivity index (χ3n) is 3.80. The van der Waals surface area contributed by atoms with Gasteiger partial charge < -0.3 is 15.2 Å². The maximum atomic E-state index is 12.2. The number of anilines is 1. The van der Waals surface area contributed by atoms with E-state index in [-0.39, 0.29) is 0 Å². The van der Waals surface area contributed by atoms with E-state index in [0.29, 0.717) is 5.95 Å². The summed E-state index contributed by atoms with van der Waals surface area (Å²) in [5, 5.41) is 18.0. The van der Waals surface area contributed by atoms with E-state index in [4.69, 9.17) is 4.74 Å². The van der Waals surface area contributed by atoms with Crippen LogP contribution in [-0.4, -0.2) is 33.0 Å². The molecule has 2 N–H and O–H groups in total. The Morgan fingerprint density at radius 2 is 2.14 bits per heavy atom. The highest BCUT2D eigenvalue weighted by molar-refractivity contribution is 5.76. The Kier molecular flexibility index (Phi) is 3.13. The van der Waals surface area contributed by atoms with Crippen molar-refractivity contribution in [3.63, 3.8) is 0 Å². The van der Waals surface area contributed by atoms with Crippen molar-refractivity contribution in [3.8, 4) is 0 Å². The highest BCUT2D eigenvalue weighted by Crippen LogP contribution is 2.41. The molecule has 1 aromatic carbocycles. The van der Waals surface area contributed by atoms with Crippen LogP contribution in [0.2, 0.25) is 0 Å². The van der Waals surface area contributed by atoms with Gasteiger partial charge in [0, 0.05) is 0 Å². The molecule has 7 heteroatoms. The molecule has 0 amide bonds. The van der Waals surface area contributed by atoms with E-state index in [1.807, 2.05) is 30.3 Å². The number of aromatic nitrogens is 3. The van der Waals surface area contributed by atoms with Gasteiger partial charge in [0.15, 0.2) is 5.72 Å². The summed E-state index contributed by atoms with van der Waals surface area (Å²) >= 11 is 0. The quantitative estimate of drug-likeness (QED) is 0.798. The minimum atomic E-state index is -1.54. The lowest BCUT2D eigenvalue weighted by molar-refractivity contribution is -0.168. The molecule has 7 nitrogen and oxygen atoms in total. The Balaban J connectivity index is 2.13. The van der Waals surface area contributed by atoms with Crippen LogP contribution in [0.4, 0.5) is 5.95 Å². The summed E-state index contributed by atoms with van der Waals surface area (Å²) in [6, 6.07) is 8.95. The summed E-state index contributed by atoms with van der Waals surface area (Å²) in [6.07, 6.45) is 1.33. The number of aliphatic hydroxyl groups is 1. The first-order chi connectivity index (χ1) is 10.1. The molecule has 2 aromatic rings. The van der Waals surface area contributed by atoms with Crippen molar-refractivity contribution in [1.29, 1.82) is 0 Å². The Labute approximate surface area is 121 Å². The maximum absolute atomic E-state index is 12.2. The summed E-state index contributed by atoms with van der Waals surface area (Å²) in [4.78, 5) is 16.3. The first-order valence-corrected chi connectivity index (χ1v) is 6.58. The van der Waals surface area contributed by atoms with Crippen LogP contribution in [0.1, 0.15) is 18.5 Å². The molecule has 1 aliphatic heterocycles. The van der Waals surface area contributed by atoms with Crippen molar-refractivity contribution in [1.82, 2.24) is 14.8 Å². The van der Waals surface area contributed by atoms with Crippen LogP contribution in [-0.2, 0) is 15.3 Å². The number of rotatable bonds is 2. The molecule has 3 atom stereocenters. The second-order valence-corrected chi connectivity index (χ2v) is 5.12. The maximum Gasteiger partial charge on any atom is 0.316 e. The smallest absolute Gasteiger partial charge is 0.316 e. The molecule has 0 aliphatic carbocycles. The van der Waals surface area contributed by atoms with Crippen LogP contribution in [0.3, 0.4) is 0 Å². The predicted molar refractivity (Wildman–Crippen MR) is 74.2 cm³/mol. The first kappa shape index (κ1) is 13.6. The van der Waals surface area contributed by atoms with Crippen molar-refractivity contribution in [2.45, 2.75) is 18.7 Å². The summed E-state index contributed by atoms with van der Waals surface area (Å²) in [7, 11) is 1.30. The Morgan fingerprint density at radius 3 is 2.81 bits per heavy atom. The molecule has 0 spiro atoms. The number of carbonyl (C=O) groups is 1. The van der Waals surface area contributed by atoms with Crippen molar-refractivity contribution in [3.05, 3.63) is 42.2 Å². The van der Waals surface area contributed by atoms with Crippen molar-refractivity contribution >= 4 is 11.9 Å². The zero-order chi connectivity index (χ0) is 15.0. The Bertz CT molecular complexity index is 653. The average molecular weight is 288 g/mol. The van der Waals surface area contributed by atoms with E-state index < -0.39 is 23.7 Å². The predicted octanol–water partition coefficient (Wildman–Crippen LogP) is 0.899. The van der Waals surface area contributed by atoms with E-state index in [2.05, 4.69) is 15.4 Å². The number of benzene rings is 1. The van der Waals surface area contributed by atoms with Gasteiger partial charge in [0.05, 0.1) is 13.2 Å². The first-order valence-electron chi connectivity index (χ1n) is 6.58. The lowest BCUT2D eigenvalue weighted by Gasteiger charge is -2.41. The normalized spacial score (nSPS) is 27.6. The number of hydrogen-bond donors (Lipinski definition) is 2. The average Bonchev–Trinajstić information content (AvgIpc) is 2.96. The zero-order valence-electron chi connectivity index (χ0n) is 11.7. The van der Waals surface area contributed by atoms with Crippen molar-refractivity contribution < 1.29 is 14.6 Å². The molecular formula is C14H16N4O3. The van der Waals surface area contributed by atoms with Crippen molar-refractivity contribution in [2.75, 3.05) is 12.4 Å². The van der Waals surface area contributed by atoms with E-state index in [9.17, 15) is 9.90 Å². The number of esters is 1. The molecule has 0 radical (unpaired) electrons. The van der Waals surface area contributed by atoms with Gasteiger partial charge in [-0.15, -0.1) is 0 Å². The van der Waals surface area contributed by atoms with Gasteiger partial charge in [0.25, 0.3) is 0 Å². The molecule has 0 unspecified atom stereocenters. The van der Waals surface area contributed by atoms with Crippen LogP contribution >= 0.6 is 0 Å². The van der Waals surface area contributed by atoms with E-state index in [0.717, 1.165) is 5.56 Å². The van der Waals surface area contributed by atoms with Crippen LogP contribution in [0.5, 0.6) is 0 Å². The number of nitrogens with one attached hydrogen (secondary N) is 1. The second kappa shape index (κ2) is 4.85. The van der Waals surface area contributed by atoms with Gasteiger partial charge in [-0.1, -0.05) is 30.3 Å². The van der Waals surface area contributed by atoms with E-state index in [1.165, 1.54) is 25.0 Å². The van der Waals surface area contributed by atoms with Gasteiger partial charge in [-0.05, 0) is 12.5 Å². The highest BCUT2D eigenvalue weighted by atomic mass is 16.5. The van der Waals surface area contributed by atoms with Gasteiger partial charge >= 0.3 is 5.97 Å². The van der Waals surface area contributed by atoms with Gasteiger partial charge in [-0.25, -0.2) is 0 Å². The zero-order valence-corrected chi connectivity index (χ0v) is 11.7. The van der Waals surface area contributed by atoms with Crippen LogP contribution in [0.15, 0.2) is 36.7 Å². The molecule has 110 valence electrons. The Morgan fingerprint density at radius 1 is 1.43 bits per heavy atom. The largest absolute Gasteiger partial charge is 0.469 e. The minimum Gasteiger partial charge on any atom is -0.469 e. The molecular weight excluding hydrogens is 272 g/mol. The summed E-state index contributed by atoms with van der Waals surface area (Å²) in [5.74, 6) is -0.949. The summed E-state index contributed by atoms with van der Waals surface area (Å²) < 4.78 is 6.17. The molecule has 0 saturated carbocycles. The minimum absolute atomic E-state index is 0.411. The molecule has 21 heavy (non-hydrogen) atoms. The third kappa shape index (κ3) is 2.06. The lowest BCUT2D eigenvalue weighted by Crippen LogP contribution is -2.52. The summed E-state index contributed by atoms with van der Waals surface area (Å²) in [6.45, 7) is 1.53. The van der Waals surface area contributed by atoms with Gasteiger partial charge in [0.2, 0.25) is 5.95 Å². The molecule has 1 aromatic heterocycles. The van der Waals surface area contributed by atoms with Crippen LogP contribution in [0, 0.1) is 5.92 Å². The third-order valence-corrected chi connectivity index (χ3v) is 3.80. The molecule has 1 aliphatic rings. The molecule has 2 heterocycles. The highest BCUT2D eigenvalue weighted by Gasteiger charge is 2.51. The fourth-order valence-corrected chi connectivity index (χ4v) is 2.76. The number of carbonyl (C=O) groups excluding carboxylic acids is 1. The van der Waals surface area contributed by atoms with Gasteiger partial charge in [-0.3, -0.25) is 4.79 Å². The van der Waals surface area contributed by atoms with Crippen LogP contribution in [0.25, 0.3) is 0 Å². The summed E-state index contributed by atoms with van der Waals surface area (Å²) in [5.41, 5.74) is -0.674. The van der Waals surface area contributed by atoms with E-state index in [1.54, 1.807) is 0 Å². The monoisotopic (exact) mass is 288 g/mol. The fraction of sp³-hybridized carbons (Fsp3) is 0.357. The number of nitrogens with zero attached hydrogens (tertiary/aromatic N) is 3. The molecule has 0 bridgehead atoms. The van der Waals surface area contributed by atoms with E-state index >= 15 is 0 Å². The number of fused-ring (bicyclic) bond motifs is 1. The molecule has 0 saturated heterocycles. The lowest BCUT2D eigenvalue weighted by atomic mass is 9.83. The second-order valence-electron chi connectivity index (χ2n) is 5.12. The number of methoxy groups -OCH3 is 1. The Hall–Kier alpha value is -2.41. The topological polar surface area (TPSA) is 89.3 Å². The molecule has 3 rings (SSSR count). The number of ether oxygens (including phenoxy) is 1. The van der Waals surface area contributed by atoms with Gasteiger partial charge in [0.1, 0.15) is 12.2 Å². The number of hydrogen-bond acceptors (Lipinski definition) is 6. The van der Waals surface area contributed by atoms with Crippen molar-refractivity contribution in [2.24, 2.45) is 5.92 Å². The standard InChI is InChI=1S/C14H16N4O3/c1-14(20)10(12(19)21-2)11(9-6-4-3-5-7-9)17-13-15-8-16-18(13)14/h3-8,10-11,20H,1-2H3,(H,15,16,17)/t10-,11+,14+/m1/s1. The van der Waals surface area contributed by atoms with Gasteiger partial charge in [-0.2, -0.15) is 14.8 Å².